The first-order valence-electron chi connectivity index (χ1n) is 8.20. The molecular formula is C19H22N4O. The summed E-state index contributed by atoms with van der Waals surface area (Å²) < 4.78 is 0. The van der Waals surface area contributed by atoms with Crippen molar-refractivity contribution in [1.82, 2.24) is 4.98 Å². The largest absolute Gasteiger partial charge is 0.370 e. The van der Waals surface area contributed by atoms with Crippen molar-refractivity contribution < 1.29 is 4.79 Å². The summed E-state index contributed by atoms with van der Waals surface area (Å²) in [5.74, 6) is -0.264. The van der Waals surface area contributed by atoms with Gasteiger partial charge in [-0.25, -0.2) is 0 Å². The van der Waals surface area contributed by atoms with Gasteiger partial charge in [0.1, 0.15) is 6.07 Å². The summed E-state index contributed by atoms with van der Waals surface area (Å²) in [5, 5.41) is 11.9. The van der Waals surface area contributed by atoms with Crippen molar-refractivity contribution in [2.24, 2.45) is 0 Å². The monoisotopic (exact) mass is 322 g/mol. The summed E-state index contributed by atoms with van der Waals surface area (Å²) in [4.78, 5) is 18.9. The van der Waals surface area contributed by atoms with Gasteiger partial charge in [0.2, 0.25) is 0 Å². The predicted octanol–water partition coefficient (Wildman–Crippen LogP) is 3.83. The van der Waals surface area contributed by atoms with E-state index in [-0.39, 0.29) is 5.91 Å². The third-order valence-corrected chi connectivity index (χ3v) is 3.63. The van der Waals surface area contributed by atoms with Crippen LogP contribution in [0.5, 0.6) is 0 Å². The molecule has 5 nitrogen and oxygen atoms in total. The van der Waals surface area contributed by atoms with Crippen LogP contribution >= 0.6 is 0 Å². The zero-order valence-corrected chi connectivity index (χ0v) is 14.1. The molecule has 0 saturated heterocycles. The average molecular weight is 322 g/mol. The van der Waals surface area contributed by atoms with Gasteiger partial charge in [-0.3, -0.25) is 9.78 Å². The second kappa shape index (κ2) is 8.68. The number of nitrogens with zero attached hydrogens (tertiary/aromatic N) is 3. The molecule has 1 amide bonds. The maximum Gasteiger partial charge on any atom is 0.257 e. The van der Waals surface area contributed by atoms with Gasteiger partial charge in [-0.05, 0) is 31.0 Å². The number of carbonyl (C=O) groups excluding carboxylic acids is 1. The molecule has 0 atom stereocenters. The highest BCUT2D eigenvalue weighted by atomic mass is 16.1. The van der Waals surface area contributed by atoms with Crippen molar-refractivity contribution in [3.05, 3.63) is 53.9 Å². The minimum Gasteiger partial charge on any atom is -0.370 e. The second-order valence-corrected chi connectivity index (χ2v) is 5.53. The molecule has 24 heavy (non-hydrogen) atoms. The molecule has 2 rings (SSSR count). The first-order valence-corrected chi connectivity index (χ1v) is 8.20. The number of hydrogen-bond acceptors (Lipinski definition) is 4. The highest BCUT2D eigenvalue weighted by Gasteiger charge is 2.12. The van der Waals surface area contributed by atoms with Gasteiger partial charge < -0.3 is 10.2 Å². The van der Waals surface area contributed by atoms with Crippen LogP contribution in [0.2, 0.25) is 0 Å². The van der Waals surface area contributed by atoms with Crippen molar-refractivity contribution >= 4 is 17.3 Å². The quantitative estimate of drug-likeness (QED) is 0.841. The van der Waals surface area contributed by atoms with E-state index in [1.807, 2.05) is 6.07 Å². The van der Waals surface area contributed by atoms with Crippen LogP contribution in [0.25, 0.3) is 0 Å². The number of anilines is 2. The van der Waals surface area contributed by atoms with Gasteiger partial charge in [0, 0.05) is 19.3 Å². The van der Waals surface area contributed by atoms with Gasteiger partial charge in [0.15, 0.2) is 0 Å². The lowest BCUT2D eigenvalue weighted by Crippen LogP contribution is -2.25. The molecule has 1 heterocycles. The van der Waals surface area contributed by atoms with E-state index in [1.54, 1.807) is 36.7 Å². The van der Waals surface area contributed by atoms with E-state index >= 15 is 0 Å². The van der Waals surface area contributed by atoms with Crippen LogP contribution in [-0.2, 0) is 0 Å². The zero-order chi connectivity index (χ0) is 17.4. The molecule has 0 aliphatic carbocycles. The Labute approximate surface area is 142 Å². The molecule has 1 aromatic carbocycles. The molecule has 2 aromatic rings. The number of nitrogens with one attached hydrogen (secondary N) is 1. The predicted molar refractivity (Wildman–Crippen MR) is 96.1 cm³/mol. The van der Waals surface area contributed by atoms with E-state index in [4.69, 9.17) is 5.26 Å². The fourth-order valence-corrected chi connectivity index (χ4v) is 2.52. The summed E-state index contributed by atoms with van der Waals surface area (Å²) in [6, 6.07) is 10.9. The molecule has 0 radical (unpaired) electrons. The highest BCUT2D eigenvalue weighted by molar-refractivity contribution is 6.05. The third kappa shape index (κ3) is 4.32. The lowest BCUT2D eigenvalue weighted by atomic mass is 10.1. The van der Waals surface area contributed by atoms with Crippen LogP contribution in [0.1, 0.15) is 42.6 Å². The molecule has 0 bridgehead atoms. The number of pyridine rings is 1. The number of benzene rings is 1. The number of para-hydroxylation sites is 1. The van der Waals surface area contributed by atoms with Crippen molar-refractivity contribution in [3.8, 4) is 6.07 Å². The number of nitriles is 1. The molecule has 124 valence electrons. The van der Waals surface area contributed by atoms with E-state index in [0.29, 0.717) is 16.8 Å². The van der Waals surface area contributed by atoms with Gasteiger partial charge >= 0.3 is 0 Å². The van der Waals surface area contributed by atoms with Crippen LogP contribution in [0.15, 0.2) is 42.7 Å². The Balaban J connectivity index is 2.21. The maximum absolute atomic E-state index is 12.5. The van der Waals surface area contributed by atoms with Crippen molar-refractivity contribution in [1.29, 1.82) is 5.26 Å². The van der Waals surface area contributed by atoms with E-state index in [1.165, 1.54) is 0 Å². The zero-order valence-electron chi connectivity index (χ0n) is 14.1. The van der Waals surface area contributed by atoms with Crippen molar-refractivity contribution in [3.63, 3.8) is 0 Å². The van der Waals surface area contributed by atoms with E-state index in [2.05, 4.69) is 35.1 Å². The smallest absolute Gasteiger partial charge is 0.257 e. The van der Waals surface area contributed by atoms with Crippen LogP contribution in [0.3, 0.4) is 0 Å². The van der Waals surface area contributed by atoms with Gasteiger partial charge in [-0.1, -0.05) is 26.0 Å². The number of aromatic nitrogens is 1. The molecule has 0 aliphatic rings. The summed E-state index contributed by atoms with van der Waals surface area (Å²) in [7, 11) is 0. The summed E-state index contributed by atoms with van der Waals surface area (Å²) in [6.45, 7) is 6.12. The molecule has 0 aliphatic heterocycles. The van der Waals surface area contributed by atoms with Crippen LogP contribution < -0.4 is 10.2 Å². The molecule has 0 saturated carbocycles. The summed E-state index contributed by atoms with van der Waals surface area (Å²) >= 11 is 0. The standard InChI is InChI=1S/C19H22N4O/c1-3-9-23(10-4-2)17-11-16(13-21-14-17)19(24)22-18-8-6-5-7-15(18)12-20/h5-8,11,13-14H,3-4,9-10H2,1-2H3,(H,22,24). The lowest BCUT2D eigenvalue weighted by molar-refractivity contribution is 0.102. The molecule has 0 fully saturated rings. The van der Waals surface area contributed by atoms with Gasteiger partial charge in [0.25, 0.3) is 5.91 Å². The maximum atomic E-state index is 12.5. The topological polar surface area (TPSA) is 69.0 Å². The van der Waals surface area contributed by atoms with Crippen LogP contribution in [-0.4, -0.2) is 24.0 Å². The van der Waals surface area contributed by atoms with E-state index in [0.717, 1.165) is 31.6 Å². The molecular weight excluding hydrogens is 300 g/mol. The SMILES string of the molecule is CCCN(CCC)c1cncc(C(=O)Nc2ccccc2C#N)c1. The number of amides is 1. The number of hydrogen-bond donors (Lipinski definition) is 1. The Morgan fingerprint density at radius 2 is 1.92 bits per heavy atom. The van der Waals surface area contributed by atoms with Crippen LogP contribution in [0, 0.1) is 11.3 Å². The third-order valence-electron chi connectivity index (χ3n) is 3.63. The Bertz CT molecular complexity index is 730. The summed E-state index contributed by atoms with van der Waals surface area (Å²) in [6.07, 6.45) is 5.40. The lowest BCUT2D eigenvalue weighted by Gasteiger charge is -2.23. The van der Waals surface area contributed by atoms with Gasteiger partial charge in [0.05, 0.1) is 28.7 Å². The first kappa shape index (κ1) is 17.5. The van der Waals surface area contributed by atoms with Gasteiger partial charge in [-0.2, -0.15) is 5.26 Å². The highest BCUT2D eigenvalue weighted by Crippen LogP contribution is 2.18. The number of rotatable bonds is 7. The molecule has 0 spiro atoms. The molecule has 1 N–H and O–H groups in total. The Morgan fingerprint density at radius 3 is 2.58 bits per heavy atom. The fourth-order valence-electron chi connectivity index (χ4n) is 2.52. The number of carbonyl (C=O) groups is 1. The van der Waals surface area contributed by atoms with E-state index in [9.17, 15) is 4.79 Å². The normalized spacial score (nSPS) is 10.0. The minimum absolute atomic E-state index is 0.264. The minimum atomic E-state index is -0.264. The van der Waals surface area contributed by atoms with E-state index < -0.39 is 0 Å². The Morgan fingerprint density at radius 1 is 1.21 bits per heavy atom. The van der Waals surface area contributed by atoms with Crippen molar-refractivity contribution in [2.75, 3.05) is 23.3 Å². The average Bonchev–Trinajstić information content (AvgIpc) is 2.62. The summed E-state index contributed by atoms with van der Waals surface area (Å²) in [5.41, 5.74) is 2.38. The Kier molecular flexibility index (Phi) is 6.32. The molecule has 5 heteroatoms. The fraction of sp³-hybridized carbons (Fsp3) is 0.316. The molecule has 1 aromatic heterocycles. The first-order chi connectivity index (χ1) is 11.7. The second-order valence-electron chi connectivity index (χ2n) is 5.53. The van der Waals surface area contributed by atoms with Crippen molar-refractivity contribution in [2.45, 2.75) is 26.7 Å². The van der Waals surface area contributed by atoms with Crippen LogP contribution in [0.4, 0.5) is 11.4 Å². The molecule has 0 unspecified atom stereocenters. The Hall–Kier alpha value is -2.87. The van der Waals surface area contributed by atoms with Gasteiger partial charge in [-0.15, -0.1) is 0 Å².